The van der Waals surface area contributed by atoms with Crippen molar-refractivity contribution >= 4 is 5.91 Å². The molecule has 0 aromatic heterocycles. The molecule has 2 aromatic rings. The highest BCUT2D eigenvalue weighted by Crippen LogP contribution is 2.31. The Labute approximate surface area is 138 Å². The number of likely N-dealkylation sites (N-methyl/N-ethyl adjacent to an activating group) is 1. The van der Waals surface area contributed by atoms with E-state index in [2.05, 4.69) is 10.6 Å². The van der Waals surface area contributed by atoms with Gasteiger partial charge in [-0.15, -0.1) is 0 Å². The van der Waals surface area contributed by atoms with Crippen LogP contribution in [0.5, 0.6) is 0 Å². The van der Waals surface area contributed by atoms with Crippen LogP contribution in [0.2, 0.25) is 0 Å². The van der Waals surface area contributed by atoms with Crippen molar-refractivity contribution in [2.45, 2.75) is 19.1 Å². The molecule has 3 nitrogen and oxygen atoms in total. The first-order valence-electron chi connectivity index (χ1n) is 7.55. The summed E-state index contributed by atoms with van der Waals surface area (Å²) in [6, 6.07) is 11.8. The fraction of sp³-hybridized carbons (Fsp3) is 0.278. The summed E-state index contributed by atoms with van der Waals surface area (Å²) in [5, 5.41) is 5.83. The Balaban J connectivity index is 2.27. The van der Waals surface area contributed by atoms with Crippen LogP contribution in [0.3, 0.4) is 0 Å². The van der Waals surface area contributed by atoms with E-state index in [1.54, 1.807) is 31.3 Å². The second-order valence-corrected chi connectivity index (χ2v) is 5.52. The number of halogens is 3. The average molecular weight is 336 g/mol. The minimum absolute atomic E-state index is 0.118. The third kappa shape index (κ3) is 4.35. The molecule has 0 saturated heterocycles. The monoisotopic (exact) mass is 336 g/mol. The van der Waals surface area contributed by atoms with Gasteiger partial charge in [0.15, 0.2) is 0 Å². The van der Waals surface area contributed by atoms with E-state index in [0.29, 0.717) is 23.2 Å². The molecule has 2 rings (SSSR count). The standard InChI is InChI=1S/C18H19F3N2O/c1-12(22-2)11-23-17(24)16-6-4-3-5-15(16)13-7-9-14(10-8-13)18(19,20)21/h3-10,12,22H,11H2,1-2H3,(H,23,24). The minimum Gasteiger partial charge on any atom is -0.350 e. The Morgan fingerprint density at radius 3 is 2.29 bits per heavy atom. The average Bonchev–Trinajstić information content (AvgIpc) is 2.58. The van der Waals surface area contributed by atoms with Crippen molar-refractivity contribution in [3.05, 3.63) is 59.7 Å². The number of amides is 1. The van der Waals surface area contributed by atoms with Gasteiger partial charge in [0.2, 0.25) is 0 Å². The number of rotatable bonds is 5. The van der Waals surface area contributed by atoms with Crippen LogP contribution in [-0.2, 0) is 6.18 Å². The summed E-state index contributed by atoms with van der Waals surface area (Å²) in [5.74, 6) is -0.257. The lowest BCUT2D eigenvalue weighted by atomic mass is 9.98. The van der Waals surface area contributed by atoms with Crippen molar-refractivity contribution < 1.29 is 18.0 Å². The van der Waals surface area contributed by atoms with Gasteiger partial charge in [-0.3, -0.25) is 4.79 Å². The molecule has 0 radical (unpaired) electrons. The molecule has 1 unspecified atom stereocenters. The van der Waals surface area contributed by atoms with Crippen molar-refractivity contribution in [1.29, 1.82) is 0 Å². The summed E-state index contributed by atoms with van der Waals surface area (Å²) in [6.45, 7) is 2.39. The van der Waals surface area contributed by atoms with Gasteiger partial charge in [0.25, 0.3) is 5.91 Å². The van der Waals surface area contributed by atoms with Crippen molar-refractivity contribution in [1.82, 2.24) is 10.6 Å². The maximum Gasteiger partial charge on any atom is 0.416 e. The summed E-state index contributed by atoms with van der Waals surface area (Å²) in [6.07, 6.45) is -4.38. The van der Waals surface area contributed by atoms with E-state index in [-0.39, 0.29) is 11.9 Å². The summed E-state index contributed by atoms with van der Waals surface area (Å²) < 4.78 is 38.0. The number of benzene rings is 2. The Morgan fingerprint density at radius 2 is 1.71 bits per heavy atom. The van der Waals surface area contributed by atoms with Gasteiger partial charge in [-0.05, 0) is 43.3 Å². The summed E-state index contributed by atoms with van der Waals surface area (Å²) in [7, 11) is 1.80. The van der Waals surface area contributed by atoms with Crippen LogP contribution < -0.4 is 10.6 Å². The highest BCUT2D eigenvalue weighted by atomic mass is 19.4. The van der Waals surface area contributed by atoms with E-state index in [1.165, 1.54) is 12.1 Å². The Morgan fingerprint density at radius 1 is 1.08 bits per heavy atom. The predicted octanol–water partition coefficient (Wildman–Crippen LogP) is 3.71. The van der Waals surface area contributed by atoms with Crippen LogP contribution >= 0.6 is 0 Å². The van der Waals surface area contributed by atoms with E-state index in [1.807, 2.05) is 6.92 Å². The van der Waals surface area contributed by atoms with E-state index < -0.39 is 11.7 Å². The highest BCUT2D eigenvalue weighted by molar-refractivity contribution is 6.00. The first kappa shape index (κ1) is 18.0. The largest absolute Gasteiger partial charge is 0.416 e. The van der Waals surface area contributed by atoms with Crippen LogP contribution in [0.4, 0.5) is 13.2 Å². The van der Waals surface area contributed by atoms with Gasteiger partial charge in [0.05, 0.1) is 5.56 Å². The molecule has 0 fully saturated rings. The number of hydrogen-bond donors (Lipinski definition) is 2. The van der Waals surface area contributed by atoms with Crippen LogP contribution in [0.15, 0.2) is 48.5 Å². The van der Waals surface area contributed by atoms with Gasteiger partial charge < -0.3 is 10.6 Å². The van der Waals surface area contributed by atoms with Gasteiger partial charge in [-0.2, -0.15) is 13.2 Å². The molecule has 24 heavy (non-hydrogen) atoms. The molecule has 2 N–H and O–H groups in total. The van der Waals surface area contributed by atoms with Gasteiger partial charge >= 0.3 is 6.18 Å². The number of alkyl halides is 3. The fourth-order valence-electron chi connectivity index (χ4n) is 2.21. The van der Waals surface area contributed by atoms with Crippen molar-refractivity contribution in [2.75, 3.05) is 13.6 Å². The van der Waals surface area contributed by atoms with E-state index in [0.717, 1.165) is 12.1 Å². The fourth-order valence-corrected chi connectivity index (χ4v) is 2.21. The molecular weight excluding hydrogens is 317 g/mol. The lowest BCUT2D eigenvalue weighted by molar-refractivity contribution is -0.137. The molecule has 0 aliphatic carbocycles. The van der Waals surface area contributed by atoms with E-state index in [4.69, 9.17) is 0 Å². The van der Waals surface area contributed by atoms with Crippen LogP contribution in [-0.4, -0.2) is 25.5 Å². The zero-order valence-electron chi connectivity index (χ0n) is 13.4. The summed E-state index contributed by atoms with van der Waals surface area (Å²) in [4.78, 5) is 12.4. The number of carbonyl (C=O) groups is 1. The third-order valence-corrected chi connectivity index (χ3v) is 3.76. The summed E-state index contributed by atoms with van der Waals surface area (Å²) in [5.41, 5.74) is 0.882. The molecule has 128 valence electrons. The molecule has 0 aliphatic heterocycles. The smallest absolute Gasteiger partial charge is 0.350 e. The van der Waals surface area contributed by atoms with Crippen molar-refractivity contribution in [3.8, 4) is 11.1 Å². The SMILES string of the molecule is CNC(C)CNC(=O)c1ccccc1-c1ccc(C(F)(F)F)cc1. The molecule has 0 aliphatic rings. The van der Waals surface area contributed by atoms with Gasteiger partial charge in [-0.25, -0.2) is 0 Å². The van der Waals surface area contributed by atoms with E-state index in [9.17, 15) is 18.0 Å². The van der Waals surface area contributed by atoms with Gasteiger partial charge in [0.1, 0.15) is 0 Å². The molecule has 0 heterocycles. The minimum atomic E-state index is -4.38. The van der Waals surface area contributed by atoms with Crippen molar-refractivity contribution in [2.24, 2.45) is 0 Å². The normalized spacial score (nSPS) is 12.7. The second kappa shape index (κ2) is 7.49. The first-order valence-corrected chi connectivity index (χ1v) is 7.55. The van der Waals surface area contributed by atoms with Crippen LogP contribution in [0, 0.1) is 0 Å². The maximum absolute atomic E-state index is 12.7. The third-order valence-electron chi connectivity index (χ3n) is 3.76. The summed E-state index contributed by atoms with van der Waals surface area (Å²) >= 11 is 0. The molecule has 1 atom stereocenters. The predicted molar refractivity (Wildman–Crippen MR) is 87.7 cm³/mol. The number of carbonyl (C=O) groups excluding carboxylic acids is 1. The zero-order valence-corrected chi connectivity index (χ0v) is 13.4. The zero-order chi connectivity index (χ0) is 17.7. The number of hydrogen-bond acceptors (Lipinski definition) is 2. The molecular formula is C18H19F3N2O. The molecule has 0 spiro atoms. The molecule has 0 saturated carbocycles. The number of nitrogens with one attached hydrogen (secondary N) is 2. The highest BCUT2D eigenvalue weighted by Gasteiger charge is 2.30. The lowest BCUT2D eigenvalue weighted by Crippen LogP contribution is -2.37. The molecule has 2 aromatic carbocycles. The van der Waals surface area contributed by atoms with Crippen molar-refractivity contribution in [3.63, 3.8) is 0 Å². The molecule has 1 amide bonds. The Bertz CT molecular complexity index is 696. The van der Waals surface area contributed by atoms with Gasteiger partial charge in [-0.1, -0.05) is 30.3 Å². The van der Waals surface area contributed by atoms with E-state index >= 15 is 0 Å². The molecule has 6 heteroatoms. The van der Waals surface area contributed by atoms with Crippen LogP contribution in [0.25, 0.3) is 11.1 Å². The maximum atomic E-state index is 12.7. The van der Waals surface area contributed by atoms with Crippen LogP contribution in [0.1, 0.15) is 22.8 Å². The van der Waals surface area contributed by atoms with Gasteiger partial charge in [0, 0.05) is 18.2 Å². The lowest BCUT2D eigenvalue weighted by Gasteiger charge is -2.14. The second-order valence-electron chi connectivity index (χ2n) is 5.52. The topological polar surface area (TPSA) is 41.1 Å². The Kier molecular flexibility index (Phi) is 5.62. The molecule has 0 bridgehead atoms. The first-order chi connectivity index (χ1) is 11.3. The quantitative estimate of drug-likeness (QED) is 0.874. The Hall–Kier alpha value is -2.34.